The van der Waals surface area contributed by atoms with Crippen LogP contribution in [-0.4, -0.2) is 9.55 Å². The van der Waals surface area contributed by atoms with Crippen LogP contribution in [0.3, 0.4) is 0 Å². The fraction of sp³-hybridized carbons (Fsp3) is 0.471. The molecule has 21 heavy (non-hydrogen) atoms. The number of rotatable bonds is 4. The average molecular weight is 348 g/mol. The highest BCUT2D eigenvalue weighted by molar-refractivity contribution is 9.10. The van der Waals surface area contributed by atoms with Crippen molar-refractivity contribution in [2.24, 2.45) is 0 Å². The highest BCUT2D eigenvalue weighted by atomic mass is 79.9. The number of nitrogen functional groups attached to an aromatic ring is 1. The van der Waals surface area contributed by atoms with E-state index in [1.807, 2.05) is 12.1 Å². The largest absolute Gasteiger partial charge is 0.383 e. The molecule has 0 amide bonds. The van der Waals surface area contributed by atoms with E-state index in [0.717, 1.165) is 34.5 Å². The second kappa shape index (κ2) is 6.22. The quantitative estimate of drug-likeness (QED) is 0.848. The average Bonchev–Trinajstić information content (AvgIpc) is 3.09. The van der Waals surface area contributed by atoms with E-state index in [-0.39, 0.29) is 0 Å². The number of nitrogens with zero attached hydrogens (tertiary/aromatic N) is 2. The smallest absolute Gasteiger partial charge is 0.131 e. The van der Waals surface area contributed by atoms with Gasteiger partial charge in [-0.25, -0.2) is 4.98 Å². The van der Waals surface area contributed by atoms with Crippen molar-refractivity contribution >= 4 is 21.7 Å². The van der Waals surface area contributed by atoms with Gasteiger partial charge in [0.15, 0.2) is 0 Å². The Labute approximate surface area is 134 Å². The van der Waals surface area contributed by atoms with Gasteiger partial charge in [-0.05, 0) is 31.4 Å². The van der Waals surface area contributed by atoms with Crippen LogP contribution >= 0.6 is 15.9 Å². The summed E-state index contributed by atoms with van der Waals surface area (Å²) in [6.07, 6.45) is 6.21. The molecule has 0 atom stereocenters. The fourth-order valence-corrected chi connectivity index (χ4v) is 3.69. The van der Waals surface area contributed by atoms with Crippen LogP contribution in [0.25, 0.3) is 11.3 Å². The second-order valence-electron chi connectivity index (χ2n) is 5.85. The fourth-order valence-electron chi connectivity index (χ4n) is 3.29. The monoisotopic (exact) mass is 347 g/mol. The van der Waals surface area contributed by atoms with Crippen LogP contribution in [-0.2, 0) is 6.54 Å². The summed E-state index contributed by atoms with van der Waals surface area (Å²) in [7, 11) is 0. The highest BCUT2D eigenvalue weighted by Gasteiger charge is 2.25. The molecule has 1 aliphatic rings. The Morgan fingerprint density at radius 3 is 2.76 bits per heavy atom. The predicted molar refractivity (Wildman–Crippen MR) is 91.3 cm³/mol. The number of hydrogen-bond donors (Lipinski definition) is 1. The Hall–Kier alpha value is -1.29. The van der Waals surface area contributed by atoms with Crippen molar-refractivity contribution in [3.8, 4) is 11.3 Å². The van der Waals surface area contributed by atoms with Crippen LogP contribution in [0.5, 0.6) is 0 Å². The SMILES string of the molecule is CCCn1c(C2CCCC2)nc(-c2cccc(Br)c2)c1N. The van der Waals surface area contributed by atoms with E-state index in [1.165, 1.54) is 31.5 Å². The zero-order chi connectivity index (χ0) is 14.8. The first-order chi connectivity index (χ1) is 10.2. The molecule has 112 valence electrons. The maximum absolute atomic E-state index is 6.43. The Bertz CT molecular complexity index is 627. The summed E-state index contributed by atoms with van der Waals surface area (Å²) in [6.45, 7) is 3.15. The molecule has 0 spiro atoms. The Morgan fingerprint density at radius 2 is 2.10 bits per heavy atom. The topological polar surface area (TPSA) is 43.8 Å². The third-order valence-corrected chi connectivity index (χ3v) is 4.80. The lowest BCUT2D eigenvalue weighted by Gasteiger charge is -2.12. The first-order valence-corrected chi connectivity index (χ1v) is 8.61. The van der Waals surface area contributed by atoms with Crippen molar-refractivity contribution in [1.82, 2.24) is 9.55 Å². The van der Waals surface area contributed by atoms with Gasteiger partial charge in [0.25, 0.3) is 0 Å². The standard InChI is InChI=1S/C17H22BrN3/c1-2-10-21-16(19)15(13-8-5-9-14(18)11-13)20-17(21)12-6-3-4-7-12/h5,8-9,11-12H,2-4,6-7,10,19H2,1H3. The minimum Gasteiger partial charge on any atom is -0.383 e. The Morgan fingerprint density at radius 1 is 1.33 bits per heavy atom. The molecule has 2 N–H and O–H groups in total. The Balaban J connectivity index is 2.07. The summed E-state index contributed by atoms with van der Waals surface area (Å²) >= 11 is 3.53. The third kappa shape index (κ3) is 2.86. The van der Waals surface area contributed by atoms with Gasteiger partial charge in [-0.2, -0.15) is 0 Å². The summed E-state index contributed by atoms with van der Waals surface area (Å²) in [5.74, 6) is 2.60. The normalized spacial score (nSPS) is 15.7. The number of hydrogen-bond acceptors (Lipinski definition) is 2. The lowest BCUT2D eigenvalue weighted by molar-refractivity contribution is 0.579. The van der Waals surface area contributed by atoms with E-state index in [1.54, 1.807) is 0 Å². The van der Waals surface area contributed by atoms with Crippen molar-refractivity contribution in [3.63, 3.8) is 0 Å². The number of aromatic nitrogens is 2. The van der Waals surface area contributed by atoms with Gasteiger partial charge in [-0.15, -0.1) is 0 Å². The van der Waals surface area contributed by atoms with Gasteiger partial charge >= 0.3 is 0 Å². The van der Waals surface area contributed by atoms with Gasteiger partial charge in [0.05, 0.1) is 0 Å². The molecule has 1 aromatic heterocycles. The molecular weight excluding hydrogens is 326 g/mol. The maximum atomic E-state index is 6.43. The van der Waals surface area contributed by atoms with Crippen molar-refractivity contribution in [3.05, 3.63) is 34.6 Å². The van der Waals surface area contributed by atoms with Crippen molar-refractivity contribution in [2.75, 3.05) is 5.73 Å². The highest BCUT2D eigenvalue weighted by Crippen LogP contribution is 2.37. The first kappa shape index (κ1) is 14.6. The second-order valence-corrected chi connectivity index (χ2v) is 6.76. The van der Waals surface area contributed by atoms with Crippen LogP contribution < -0.4 is 5.73 Å². The molecule has 1 aromatic carbocycles. The summed E-state index contributed by atoms with van der Waals surface area (Å²) in [4.78, 5) is 4.94. The molecule has 0 saturated heterocycles. The van der Waals surface area contributed by atoms with Gasteiger partial charge in [0.2, 0.25) is 0 Å². The van der Waals surface area contributed by atoms with Gasteiger partial charge < -0.3 is 10.3 Å². The number of nitrogens with two attached hydrogens (primary N) is 1. The van der Waals surface area contributed by atoms with E-state index in [9.17, 15) is 0 Å². The van der Waals surface area contributed by atoms with Crippen LogP contribution in [0.15, 0.2) is 28.7 Å². The summed E-state index contributed by atoms with van der Waals surface area (Å²) < 4.78 is 3.30. The lowest BCUT2D eigenvalue weighted by atomic mass is 10.1. The number of anilines is 1. The zero-order valence-electron chi connectivity index (χ0n) is 12.5. The number of imidazole rings is 1. The van der Waals surface area contributed by atoms with Gasteiger partial charge in [0, 0.05) is 22.5 Å². The molecule has 0 bridgehead atoms. The number of benzene rings is 1. The molecule has 1 fully saturated rings. The van der Waals surface area contributed by atoms with Crippen molar-refractivity contribution < 1.29 is 0 Å². The molecule has 1 saturated carbocycles. The lowest BCUT2D eigenvalue weighted by Crippen LogP contribution is -2.09. The van der Waals surface area contributed by atoms with Crippen LogP contribution in [0.2, 0.25) is 0 Å². The van der Waals surface area contributed by atoms with Crippen LogP contribution in [0.1, 0.15) is 50.8 Å². The predicted octanol–water partition coefficient (Wildman–Crippen LogP) is 4.96. The molecule has 2 aromatic rings. The molecular formula is C17H22BrN3. The van der Waals surface area contributed by atoms with E-state index in [0.29, 0.717) is 5.92 Å². The van der Waals surface area contributed by atoms with E-state index >= 15 is 0 Å². The molecule has 3 nitrogen and oxygen atoms in total. The molecule has 1 heterocycles. The minimum absolute atomic E-state index is 0.583. The molecule has 0 radical (unpaired) electrons. The van der Waals surface area contributed by atoms with Gasteiger partial charge in [-0.3, -0.25) is 0 Å². The summed E-state index contributed by atoms with van der Waals surface area (Å²) in [6, 6.07) is 8.24. The maximum Gasteiger partial charge on any atom is 0.131 e. The molecule has 3 rings (SSSR count). The van der Waals surface area contributed by atoms with Crippen LogP contribution in [0, 0.1) is 0 Å². The Kier molecular flexibility index (Phi) is 4.34. The van der Waals surface area contributed by atoms with Crippen molar-refractivity contribution in [2.45, 2.75) is 51.5 Å². The van der Waals surface area contributed by atoms with Crippen molar-refractivity contribution in [1.29, 1.82) is 0 Å². The summed E-state index contributed by atoms with van der Waals surface area (Å²) in [5.41, 5.74) is 8.46. The van der Waals surface area contributed by atoms with Gasteiger partial charge in [-0.1, -0.05) is 47.8 Å². The molecule has 0 aliphatic heterocycles. The molecule has 4 heteroatoms. The summed E-state index contributed by atoms with van der Waals surface area (Å²) in [5, 5.41) is 0. The third-order valence-electron chi connectivity index (χ3n) is 4.30. The number of halogens is 1. The molecule has 1 aliphatic carbocycles. The minimum atomic E-state index is 0.583. The molecule has 0 unspecified atom stereocenters. The zero-order valence-corrected chi connectivity index (χ0v) is 14.1. The van der Waals surface area contributed by atoms with E-state index < -0.39 is 0 Å². The first-order valence-electron chi connectivity index (χ1n) is 7.82. The van der Waals surface area contributed by atoms with Crippen LogP contribution in [0.4, 0.5) is 5.82 Å². The van der Waals surface area contributed by atoms with E-state index in [2.05, 4.69) is 39.6 Å². The van der Waals surface area contributed by atoms with E-state index in [4.69, 9.17) is 10.7 Å². The van der Waals surface area contributed by atoms with Gasteiger partial charge in [0.1, 0.15) is 17.3 Å².